The fourth-order valence-electron chi connectivity index (χ4n) is 2.69. The highest BCUT2D eigenvalue weighted by Crippen LogP contribution is 2.27. The predicted octanol–water partition coefficient (Wildman–Crippen LogP) is 1.43. The third kappa shape index (κ3) is 3.74. The Morgan fingerprint density at radius 3 is 2.57 bits per heavy atom. The Kier molecular flexibility index (Phi) is 4.84. The van der Waals surface area contributed by atoms with E-state index in [0.29, 0.717) is 0 Å². The van der Waals surface area contributed by atoms with E-state index in [1.165, 1.54) is 7.05 Å². The van der Waals surface area contributed by atoms with Crippen LogP contribution in [0.1, 0.15) is 25.7 Å². The summed E-state index contributed by atoms with van der Waals surface area (Å²) in [6, 6.07) is 6.55. The van der Waals surface area contributed by atoms with E-state index in [2.05, 4.69) is 9.62 Å². The lowest BCUT2D eigenvalue weighted by molar-refractivity contribution is -0.137. The van der Waals surface area contributed by atoms with E-state index in [-0.39, 0.29) is 17.4 Å². The monoisotopic (exact) mass is 312 g/mol. The molecule has 1 fully saturated rings. The third-order valence-electron chi connectivity index (χ3n) is 3.78. The van der Waals surface area contributed by atoms with Crippen LogP contribution in [0.3, 0.4) is 0 Å². The largest absolute Gasteiger partial charge is 0.481 e. The quantitative estimate of drug-likeness (QED) is 0.859. The third-order valence-corrected chi connectivity index (χ3v) is 5.22. The SMILES string of the molecule is CNS(=O)(=O)c1ccc(N2CCCCC2CC(=O)O)cc1. The Morgan fingerprint density at radius 2 is 2.00 bits per heavy atom. The topological polar surface area (TPSA) is 86.7 Å². The average Bonchev–Trinajstić information content (AvgIpc) is 2.47. The number of carbonyl (C=O) groups is 1. The van der Waals surface area contributed by atoms with Crippen LogP contribution in [0.15, 0.2) is 29.2 Å². The van der Waals surface area contributed by atoms with E-state index < -0.39 is 16.0 Å². The van der Waals surface area contributed by atoms with Crippen LogP contribution in [0.5, 0.6) is 0 Å². The number of nitrogens with zero attached hydrogens (tertiary/aromatic N) is 1. The second-order valence-electron chi connectivity index (χ2n) is 5.14. The number of carboxylic acids is 1. The van der Waals surface area contributed by atoms with Gasteiger partial charge < -0.3 is 10.0 Å². The van der Waals surface area contributed by atoms with Gasteiger partial charge in [-0.3, -0.25) is 4.79 Å². The Bertz CT molecular complexity index is 598. The summed E-state index contributed by atoms with van der Waals surface area (Å²) in [5, 5.41) is 9.00. The van der Waals surface area contributed by atoms with Crippen molar-refractivity contribution in [2.24, 2.45) is 0 Å². The molecule has 1 aliphatic rings. The molecular formula is C14H20N2O4S. The maximum Gasteiger partial charge on any atom is 0.305 e. The van der Waals surface area contributed by atoms with Gasteiger partial charge in [0.15, 0.2) is 0 Å². The molecule has 7 heteroatoms. The second-order valence-corrected chi connectivity index (χ2v) is 7.03. The van der Waals surface area contributed by atoms with Crippen LogP contribution in [0, 0.1) is 0 Å². The van der Waals surface area contributed by atoms with Crippen LogP contribution in [-0.2, 0) is 14.8 Å². The zero-order chi connectivity index (χ0) is 15.5. The number of anilines is 1. The number of benzene rings is 1. The molecule has 116 valence electrons. The summed E-state index contributed by atoms with van der Waals surface area (Å²) in [6.07, 6.45) is 3.01. The summed E-state index contributed by atoms with van der Waals surface area (Å²) in [7, 11) is -2.07. The van der Waals surface area contributed by atoms with Crippen LogP contribution in [0.4, 0.5) is 5.69 Å². The van der Waals surface area contributed by atoms with Crippen molar-refractivity contribution < 1.29 is 18.3 Å². The zero-order valence-corrected chi connectivity index (χ0v) is 12.8. The summed E-state index contributed by atoms with van der Waals surface area (Å²) in [6.45, 7) is 0.802. The standard InChI is InChI=1S/C14H20N2O4S/c1-15-21(19,20)13-7-5-11(6-8-13)16-9-3-2-4-12(16)10-14(17)18/h5-8,12,15H,2-4,9-10H2,1H3,(H,17,18). The molecule has 0 aromatic heterocycles. The first kappa shape index (κ1) is 15.8. The molecule has 2 N–H and O–H groups in total. The van der Waals surface area contributed by atoms with E-state index >= 15 is 0 Å². The molecule has 6 nitrogen and oxygen atoms in total. The molecule has 1 heterocycles. The summed E-state index contributed by atoms with van der Waals surface area (Å²) < 4.78 is 25.7. The first-order chi connectivity index (χ1) is 9.94. The molecule has 1 saturated heterocycles. The van der Waals surface area contributed by atoms with Crippen LogP contribution < -0.4 is 9.62 Å². The smallest absolute Gasteiger partial charge is 0.305 e. The molecule has 1 atom stereocenters. The van der Waals surface area contributed by atoms with Gasteiger partial charge in [-0.25, -0.2) is 13.1 Å². The molecular weight excluding hydrogens is 292 g/mol. The maximum absolute atomic E-state index is 11.7. The van der Waals surface area contributed by atoms with Crippen molar-refractivity contribution in [2.45, 2.75) is 36.6 Å². The number of piperidine rings is 1. The number of aliphatic carboxylic acids is 1. The Balaban J connectivity index is 2.21. The molecule has 1 aromatic carbocycles. The van der Waals surface area contributed by atoms with Crippen LogP contribution in [-0.4, -0.2) is 39.1 Å². The van der Waals surface area contributed by atoms with Gasteiger partial charge in [0.05, 0.1) is 11.3 Å². The highest BCUT2D eigenvalue weighted by Gasteiger charge is 2.25. The van der Waals surface area contributed by atoms with Crippen molar-refractivity contribution in [3.05, 3.63) is 24.3 Å². The predicted molar refractivity (Wildman–Crippen MR) is 79.9 cm³/mol. The van der Waals surface area contributed by atoms with Gasteiger partial charge in [-0.1, -0.05) is 0 Å². The van der Waals surface area contributed by atoms with Gasteiger partial charge in [-0.05, 0) is 50.6 Å². The number of nitrogens with one attached hydrogen (secondary N) is 1. The lowest BCUT2D eigenvalue weighted by Gasteiger charge is -2.37. The van der Waals surface area contributed by atoms with E-state index in [9.17, 15) is 13.2 Å². The van der Waals surface area contributed by atoms with Crippen molar-refractivity contribution in [1.82, 2.24) is 4.72 Å². The lowest BCUT2D eigenvalue weighted by Crippen LogP contribution is -2.40. The number of rotatable bonds is 5. The molecule has 0 saturated carbocycles. The van der Waals surface area contributed by atoms with Crippen LogP contribution in [0.2, 0.25) is 0 Å². The molecule has 21 heavy (non-hydrogen) atoms. The molecule has 0 spiro atoms. The van der Waals surface area contributed by atoms with Crippen molar-refractivity contribution in [3.63, 3.8) is 0 Å². The maximum atomic E-state index is 11.7. The normalized spacial score (nSPS) is 19.5. The van der Waals surface area contributed by atoms with Gasteiger partial charge in [0, 0.05) is 18.3 Å². The minimum Gasteiger partial charge on any atom is -0.481 e. The molecule has 0 bridgehead atoms. The van der Waals surface area contributed by atoms with Gasteiger partial charge in [0.1, 0.15) is 0 Å². The fraction of sp³-hybridized carbons (Fsp3) is 0.500. The molecule has 2 rings (SSSR count). The van der Waals surface area contributed by atoms with Crippen molar-refractivity contribution in [1.29, 1.82) is 0 Å². The zero-order valence-electron chi connectivity index (χ0n) is 11.9. The van der Waals surface area contributed by atoms with Crippen LogP contribution >= 0.6 is 0 Å². The Morgan fingerprint density at radius 1 is 1.33 bits per heavy atom. The van der Waals surface area contributed by atoms with Crippen molar-refractivity contribution in [3.8, 4) is 0 Å². The lowest BCUT2D eigenvalue weighted by atomic mass is 9.98. The summed E-state index contributed by atoms with van der Waals surface area (Å²) in [4.78, 5) is 13.2. The number of sulfonamides is 1. The molecule has 0 aliphatic carbocycles. The number of hydrogen-bond acceptors (Lipinski definition) is 4. The van der Waals surface area contributed by atoms with Gasteiger partial charge in [0.25, 0.3) is 0 Å². The summed E-state index contributed by atoms with van der Waals surface area (Å²) in [5.41, 5.74) is 0.871. The van der Waals surface area contributed by atoms with E-state index in [0.717, 1.165) is 31.5 Å². The average molecular weight is 312 g/mol. The van der Waals surface area contributed by atoms with Gasteiger partial charge >= 0.3 is 5.97 Å². The molecule has 0 amide bonds. The molecule has 1 aromatic rings. The minimum atomic E-state index is -3.44. The van der Waals surface area contributed by atoms with E-state index in [1.54, 1.807) is 24.3 Å². The van der Waals surface area contributed by atoms with Gasteiger partial charge in [-0.15, -0.1) is 0 Å². The first-order valence-corrected chi connectivity index (χ1v) is 8.44. The Hall–Kier alpha value is -1.60. The minimum absolute atomic E-state index is 0.0250. The van der Waals surface area contributed by atoms with E-state index in [1.807, 2.05) is 0 Å². The highest BCUT2D eigenvalue weighted by molar-refractivity contribution is 7.89. The van der Waals surface area contributed by atoms with Gasteiger partial charge in [0.2, 0.25) is 10.0 Å². The Labute approximate surface area is 124 Å². The molecule has 1 unspecified atom stereocenters. The molecule has 1 aliphatic heterocycles. The van der Waals surface area contributed by atoms with Crippen molar-refractivity contribution in [2.75, 3.05) is 18.5 Å². The van der Waals surface area contributed by atoms with E-state index in [4.69, 9.17) is 5.11 Å². The summed E-state index contributed by atoms with van der Waals surface area (Å²) >= 11 is 0. The number of hydrogen-bond donors (Lipinski definition) is 2. The number of carboxylic acid groups (broad SMARTS) is 1. The summed E-state index contributed by atoms with van der Waals surface area (Å²) in [5.74, 6) is -0.804. The molecule has 0 radical (unpaired) electrons. The van der Waals surface area contributed by atoms with Crippen LogP contribution in [0.25, 0.3) is 0 Å². The van der Waals surface area contributed by atoms with Gasteiger partial charge in [-0.2, -0.15) is 0 Å². The highest BCUT2D eigenvalue weighted by atomic mass is 32.2. The first-order valence-electron chi connectivity index (χ1n) is 6.96. The van der Waals surface area contributed by atoms with Crippen molar-refractivity contribution >= 4 is 21.7 Å². The fourth-order valence-corrected chi connectivity index (χ4v) is 3.42. The second kappa shape index (κ2) is 6.44.